The maximum absolute atomic E-state index is 14.8. The molecule has 0 fully saturated rings. The minimum Gasteiger partial charge on any atom is -0.358 e. The summed E-state index contributed by atoms with van der Waals surface area (Å²) in [7, 11) is 0. The van der Waals surface area contributed by atoms with Gasteiger partial charge >= 0.3 is 0 Å². The van der Waals surface area contributed by atoms with Gasteiger partial charge in [-0.25, -0.2) is 13.8 Å². The van der Waals surface area contributed by atoms with E-state index in [9.17, 15) is 18.7 Å². The van der Waals surface area contributed by atoms with E-state index in [1.165, 1.54) is 28.8 Å². The van der Waals surface area contributed by atoms with Gasteiger partial charge in [-0.1, -0.05) is 30.3 Å². The second-order valence-electron chi connectivity index (χ2n) is 7.70. The Morgan fingerprint density at radius 1 is 1.24 bits per heavy atom. The fourth-order valence-corrected chi connectivity index (χ4v) is 3.13. The van der Waals surface area contributed by atoms with E-state index in [1.807, 2.05) is 0 Å². The number of nitriles is 1. The van der Waals surface area contributed by atoms with Crippen LogP contribution in [0.5, 0.6) is 0 Å². The van der Waals surface area contributed by atoms with E-state index in [0.29, 0.717) is 0 Å². The molecule has 0 saturated carbocycles. The molecule has 150 valence electrons. The van der Waals surface area contributed by atoms with Crippen LogP contribution >= 0.6 is 0 Å². The van der Waals surface area contributed by atoms with Gasteiger partial charge in [0.25, 0.3) is 0 Å². The zero-order valence-corrected chi connectivity index (χ0v) is 16.2. The van der Waals surface area contributed by atoms with Crippen molar-refractivity contribution in [2.24, 2.45) is 0 Å². The number of carbonyl (C=O) groups excluding carboxylic acids is 1. The Kier molecular flexibility index (Phi) is 5.11. The highest BCUT2D eigenvalue weighted by atomic mass is 19.2. The Labute approximate surface area is 166 Å². The van der Waals surface area contributed by atoms with Crippen LogP contribution in [0.2, 0.25) is 0 Å². The molecule has 3 aromatic rings. The molecule has 0 radical (unpaired) electrons. The average molecular weight is 398 g/mol. The van der Waals surface area contributed by atoms with E-state index in [4.69, 9.17) is 5.26 Å². The van der Waals surface area contributed by atoms with Crippen LogP contribution in [0.3, 0.4) is 0 Å². The SMILES string of the molecule is CC(C)(C)n1c(NC(=O)C[C@](O)(F)c2ccccc2)nc2ccc(C#N)c(F)c21. The summed E-state index contributed by atoms with van der Waals surface area (Å²) in [5.74, 6) is -4.46. The molecule has 0 spiro atoms. The van der Waals surface area contributed by atoms with Crippen LogP contribution in [0, 0.1) is 17.1 Å². The number of halogens is 2. The van der Waals surface area contributed by atoms with E-state index in [1.54, 1.807) is 45.0 Å². The molecule has 0 aliphatic heterocycles. The summed E-state index contributed by atoms with van der Waals surface area (Å²) in [6.45, 7) is 5.33. The highest BCUT2D eigenvalue weighted by Gasteiger charge is 2.33. The molecule has 1 aromatic heterocycles. The summed E-state index contributed by atoms with van der Waals surface area (Å²) in [5.41, 5.74) is -0.611. The number of carbonyl (C=O) groups is 1. The van der Waals surface area contributed by atoms with Gasteiger partial charge in [-0.2, -0.15) is 5.26 Å². The number of amides is 1. The Morgan fingerprint density at radius 2 is 1.90 bits per heavy atom. The van der Waals surface area contributed by atoms with E-state index in [0.717, 1.165) is 0 Å². The summed E-state index contributed by atoms with van der Waals surface area (Å²) in [6, 6.07) is 12.1. The standard InChI is InChI=1S/C21H20F2N4O2/c1-20(2,3)27-18-15(10-9-13(12-24)17(18)22)25-19(27)26-16(28)11-21(23,29)14-7-5-4-6-8-14/h4-10,29H,11H2,1-3H3,(H,25,26,28)/t21-/m1/s1. The monoisotopic (exact) mass is 398 g/mol. The first kappa shape index (κ1) is 20.4. The van der Waals surface area contributed by atoms with E-state index in [2.05, 4.69) is 10.3 Å². The van der Waals surface area contributed by atoms with E-state index < -0.39 is 29.5 Å². The molecule has 8 heteroatoms. The van der Waals surface area contributed by atoms with Crippen LogP contribution in [0.1, 0.15) is 38.3 Å². The summed E-state index contributed by atoms with van der Waals surface area (Å²) in [5, 5.41) is 21.6. The van der Waals surface area contributed by atoms with Crippen LogP contribution in [-0.4, -0.2) is 20.6 Å². The molecule has 2 aromatic carbocycles. The highest BCUT2D eigenvalue weighted by molar-refractivity contribution is 5.92. The van der Waals surface area contributed by atoms with Crippen molar-refractivity contribution in [2.75, 3.05) is 5.32 Å². The number of fused-ring (bicyclic) bond motifs is 1. The molecular weight excluding hydrogens is 378 g/mol. The van der Waals surface area contributed by atoms with Gasteiger partial charge in [0.15, 0.2) is 5.82 Å². The lowest BCUT2D eigenvalue weighted by Crippen LogP contribution is -2.30. The quantitative estimate of drug-likeness (QED) is 0.696. The number of rotatable bonds is 4. The van der Waals surface area contributed by atoms with Gasteiger partial charge in [-0.3, -0.25) is 10.1 Å². The fourth-order valence-electron chi connectivity index (χ4n) is 3.13. The predicted octanol–water partition coefficient (Wildman–Crippen LogP) is 3.95. The number of hydrogen-bond acceptors (Lipinski definition) is 4. The number of alkyl halides is 1. The molecule has 0 aliphatic carbocycles. The number of nitrogens with one attached hydrogen (secondary N) is 1. The first-order chi connectivity index (χ1) is 13.5. The lowest BCUT2D eigenvalue weighted by Gasteiger charge is -2.25. The van der Waals surface area contributed by atoms with Crippen LogP contribution in [0.25, 0.3) is 11.0 Å². The van der Waals surface area contributed by atoms with Gasteiger partial charge in [0.05, 0.1) is 17.5 Å². The Hall–Kier alpha value is -3.31. The smallest absolute Gasteiger partial charge is 0.241 e. The highest BCUT2D eigenvalue weighted by Crippen LogP contribution is 2.32. The van der Waals surface area contributed by atoms with Gasteiger partial charge in [-0.05, 0) is 32.9 Å². The Balaban J connectivity index is 1.99. The minimum absolute atomic E-state index is 0.00430. The third-order valence-electron chi connectivity index (χ3n) is 4.41. The van der Waals surface area contributed by atoms with Gasteiger partial charge < -0.3 is 9.67 Å². The van der Waals surface area contributed by atoms with Crippen molar-refractivity contribution in [1.82, 2.24) is 9.55 Å². The number of anilines is 1. The van der Waals surface area contributed by atoms with Crippen LogP contribution in [0.4, 0.5) is 14.7 Å². The van der Waals surface area contributed by atoms with E-state index >= 15 is 0 Å². The van der Waals surface area contributed by atoms with Crippen molar-refractivity contribution in [1.29, 1.82) is 5.26 Å². The second kappa shape index (κ2) is 7.26. The summed E-state index contributed by atoms with van der Waals surface area (Å²) in [4.78, 5) is 16.7. The molecule has 0 saturated heterocycles. The average Bonchev–Trinajstić information content (AvgIpc) is 3.01. The zero-order valence-electron chi connectivity index (χ0n) is 16.2. The van der Waals surface area contributed by atoms with Crippen LogP contribution in [0.15, 0.2) is 42.5 Å². The number of hydrogen-bond donors (Lipinski definition) is 2. The van der Waals surface area contributed by atoms with Gasteiger partial charge in [0, 0.05) is 11.1 Å². The molecule has 1 heterocycles. The predicted molar refractivity (Wildman–Crippen MR) is 104 cm³/mol. The number of aliphatic hydroxyl groups is 1. The summed E-state index contributed by atoms with van der Waals surface area (Å²) >= 11 is 0. The molecule has 1 atom stereocenters. The zero-order chi connectivity index (χ0) is 21.4. The number of imidazole rings is 1. The van der Waals surface area contributed by atoms with Crippen molar-refractivity contribution in [3.05, 3.63) is 59.4 Å². The molecule has 29 heavy (non-hydrogen) atoms. The second-order valence-corrected chi connectivity index (χ2v) is 7.70. The van der Waals surface area contributed by atoms with Crippen LogP contribution in [-0.2, 0) is 16.2 Å². The van der Waals surface area contributed by atoms with E-state index in [-0.39, 0.29) is 28.1 Å². The van der Waals surface area contributed by atoms with Gasteiger partial charge in [-0.15, -0.1) is 0 Å². The number of nitrogens with zero attached hydrogens (tertiary/aromatic N) is 3. The lowest BCUT2D eigenvalue weighted by molar-refractivity contribution is -0.136. The first-order valence-electron chi connectivity index (χ1n) is 8.93. The topological polar surface area (TPSA) is 90.9 Å². The third-order valence-corrected chi connectivity index (χ3v) is 4.41. The fraction of sp³-hybridized carbons (Fsp3) is 0.286. The third kappa shape index (κ3) is 3.96. The minimum atomic E-state index is -2.87. The molecule has 2 N–H and O–H groups in total. The molecule has 3 rings (SSSR count). The molecule has 1 amide bonds. The molecule has 0 bridgehead atoms. The van der Waals surface area contributed by atoms with Crippen molar-refractivity contribution >= 4 is 22.9 Å². The number of benzene rings is 2. The van der Waals surface area contributed by atoms with Crippen molar-refractivity contribution in [3.63, 3.8) is 0 Å². The largest absolute Gasteiger partial charge is 0.358 e. The maximum atomic E-state index is 14.8. The van der Waals surface area contributed by atoms with Gasteiger partial charge in [0.2, 0.25) is 17.7 Å². The normalized spacial score (nSPS) is 13.7. The Bertz CT molecular complexity index is 1110. The molecular formula is C21H20F2N4O2. The summed E-state index contributed by atoms with van der Waals surface area (Å²) in [6.07, 6.45) is -0.865. The number of aromatic nitrogens is 2. The van der Waals surface area contributed by atoms with Crippen molar-refractivity contribution in [3.8, 4) is 6.07 Å². The maximum Gasteiger partial charge on any atom is 0.241 e. The summed E-state index contributed by atoms with van der Waals surface area (Å²) < 4.78 is 30.9. The Morgan fingerprint density at radius 3 is 2.48 bits per heavy atom. The lowest BCUT2D eigenvalue weighted by atomic mass is 10.0. The van der Waals surface area contributed by atoms with Crippen LogP contribution < -0.4 is 5.32 Å². The first-order valence-corrected chi connectivity index (χ1v) is 8.93. The molecule has 6 nitrogen and oxygen atoms in total. The molecule has 0 aliphatic rings. The van der Waals surface area contributed by atoms with Crippen molar-refractivity contribution < 1.29 is 18.7 Å². The molecule has 0 unspecified atom stereocenters. The van der Waals surface area contributed by atoms with Crippen molar-refractivity contribution in [2.45, 2.75) is 38.6 Å². The van der Waals surface area contributed by atoms with Gasteiger partial charge in [0.1, 0.15) is 11.6 Å².